The summed E-state index contributed by atoms with van der Waals surface area (Å²) < 4.78 is 0. The molecule has 0 saturated carbocycles. The molecule has 1 fully saturated rings. The second-order valence-electron chi connectivity index (χ2n) is 3.95. The Bertz CT molecular complexity index is 488. The third kappa shape index (κ3) is 3.58. The van der Waals surface area contributed by atoms with E-state index < -0.39 is 18.0 Å². The maximum atomic E-state index is 11.9. The van der Waals surface area contributed by atoms with Gasteiger partial charge in [-0.2, -0.15) is 0 Å². The molecule has 9 heteroatoms. The fourth-order valence-electron chi connectivity index (χ4n) is 1.52. The molecule has 2 atom stereocenters. The first kappa shape index (κ1) is 16.2. The van der Waals surface area contributed by atoms with Gasteiger partial charge in [0.15, 0.2) is 5.17 Å². The van der Waals surface area contributed by atoms with Crippen molar-refractivity contribution in [2.45, 2.75) is 19.0 Å². The van der Waals surface area contributed by atoms with Gasteiger partial charge >= 0.3 is 0 Å². The van der Waals surface area contributed by atoms with E-state index in [0.29, 0.717) is 0 Å². The van der Waals surface area contributed by atoms with Gasteiger partial charge in [-0.05, 0) is 13.2 Å². The highest BCUT2D eigenvalue weighted by molar-refractivity contribution is 8.13. The van der Waals surface area contributed by atoms with Gasteiger partial charge in [0.25, 0.3) is 5.91 Å². The predicted octanol–water partition coefficient (Wildman–Crippen LogP) is -1.44. The van der Waals surface area contributed by atoms with Crippen molar-refractivity contribution in [3.63, 3.8) is 0 Å². The van der Waals surface area contributed by atoms with E-state index in [1.807, 2.05) is 0 Å². The highest BCUT2D eigenvalue weighted by Gasteiger charge is 2.40. The number of carbonyl (C=O) groups excluding carboxylic acids is 2. The molecule has 2 unspecified atom stereocenters. The number of nitrogens with two attached hydrogens (primary N) is 1. The molecule has 0 radical (unpaired) electrons. The van der Waals surface area contributed by atoms with Gasteiger partial charge in [0.05, 0.1) is 18.3 Å². The quantitative estimate of drug-likeness (QED) is 0.240. The van der Waals surface area contributed by atoms with Crippen molar-refractivity contribution in [3.05, 3.63) is 11.8 Å². The van der Waals surface area contributed by atoms with Crippen molar-refractivity contribution in [1.29, 1.82) is 5.41 Å². The van der Waals surface area contributed by atoms with Crippen LogP contribution in [0, 0.1) is 5.41 Å². The molecule has 8 nitrogen and oxygen atoms in total. The number of hydrogen-bond acceptors (Lipinski definition) is 6. The van der Waals surface area contributed by atoms with Crippen molar-refractivity contribution >= 4 is 34.5 Å². The van der Waals surface area contributed by atoms with E-state index in [9.17, 15) is 9.59 Å². The maximum Gasteiger partial charge on any atom is 0.272 e. The van der Waals surface area contributed by atoms with Crippen molar-refractivity contribution in [2.24, 2.45) is 10.7 Å². The van der Waals surface area contributed by atoms with Crippen LogP contribution in [0.2, 0.25) is 0 Å². The van der Waals surface area contributed by atoms with Crippen LogP contribution in [0.5, 0.6) is 0 Å². The number of aliphatic hydroxyl groups is 1. The van der Waals surface area contributed by atoms with Gasteiger partial charge < -0.3 is 21.5 Å². The van der Waals surface area contributed by atoms with Crippen molar-refractivity contribution in [3.8, 4) is 0 Å². The van der Waals surface area contributed by atoms with Crippen LogP contribution in [0.3, 0.4) is 0 Å². The molecule has 0 aromatic rings. The lowest BCUT2D eigenvalue weighted by Gasteiger charge is -2.35. The molecule has 110 valence electrons. The minimum Gasteiger partial charge on any atom is -0.394 e. The van der Waals surface area contributed by atoms with Crippen LogP contribution in [0.1, 0.15) is 6.92 Å². The number of aliphatic hydroxyl groups excluding tert-OH is 1. The zero-order valence-electron chi connectivity index (χ0n) is 11.1. The molecule has 1 heterocycles. The number of carbonyl (C=O) groups is 2. The summed E-state index contributed by atoms with van der Waals surface area (Å²) in [7, 11) is 0. The standard InChI is InChI=1S/C11H17N5O3S/c1-3-5(15-11(13)20-2)7(12)9(18)16-8-6(4-17)14-10(8)19/h3,6,8,12,17H,4H2,1-2H3,(H2,13,15)(H,14,19)(H,16,18)/b5-3-,12-7?. The number of allylic oxidation sites excluding steroid dienone is 1. The average molecular weight is 299 g/mol. The first-order valence-electron chi connectivity index (χ1n) is 5.80. The van der Waals surface area contributed by atoms with E-state index in [1.165, 1.54) is 17.8 Å². The van der Waals surface area contributed by atoms with Gasteiger partial charge in [-0.3, -0.25) is 15.0 Å². The molecule has 1 saturated heterocycles. The molecule has 0 spiro atoms. The number of amides is 2. The number of nitrogens with zero attached hydrogens (tertiary/aromatic N) is 1. The average Bonchev–Trinajstić information content (AvgIpc) is 2.46. The highest BCUT2D eigenvalue weighted by atomic mass is 32.2. The maximum absolute atomic E-state index is 11.9. The fourth-order valence-corrected chi connectivity index (χ4v) is 1.71. The Labute approximate surface area is 120 Å². The number of rotatable bonds is 5. The summed E-state index contributed by atoms with van der Waals surface area (Å²) in [5.74, 6) is -1.13. The number of nitrogens with one attached hydrogen (secondary N) is 3. The van der Waals surface area contributed by atoms with Crippen molar-refractivity contribution < 1.29 is 14.7 Å². The molecule has 1 aliphatic rings. The van der Waals surface area contributed by atoms with Gasteiger partial charge in [-0.25, -0.2) is 4.99 Å². The molecule has 0 aromatic carbocycles. The molecule has 2 amide bonds. The highest BCUT2D eigenvalue weighted by Crippen LogP contribution is 2.08. The predicted molar refractivity (Wildman–Crippen MR) is 77.6 cm³/mol. The molecule has 0 aliphatic carbocycles. The molecule has 1 rings (SSSR count). The Kier molecular flexibility index (Phi) is 5.71. The van der Waals surface area contributed by atoms with Crippen molar-refractivity contribution in [2.75, 3.05) is 12.9 Å². The van der Waals surface area contributed by atoms with Crippen LogP contribution in [0.4, 0.5) is 0 Å². The van der Waals surface area contributed by atoms with Crippen LogP contribution < -0.4 is 16.4 Å². The van der Waals surface area contributed by atoms with Crippen molar-refractivity contribution in [1.82, 2.24) is 10.6 Å². The van der Waals surface area contributed by atoms with Gasteiger partial charge in [-0.15, -0.1) is 0 Å². The summed E-state index contributed by atoms with van der Waals surface area (Å²) in [4.78, 5) is 27.0. The monoisotopic (exact) mass is 299 g/mol. The second kappa shape index (κ2) is 7.06. The third-order valence-electron chi connectivity index (χ3n) is 2.69. The first-order chi connectivity index (χ1) is 9.44. The lowest BCUT2D eigenvalue weighted by Crippen LogP contribution is -2.70. The number of thioether (sulfide) groups is 1. The van der Waals surface area contributed by atoms with E-state index in [-0.39, 0.29) is 29.1 Å². The Morgan fingerprint density at radius 2 is 2.35 bits per heavy atom. The number of hydrogen-bond donors (Lipinski definition) is 5. The lowest BCUT2D eigenvalue weighted by molar-refractivity contribution is -0.135. The van der Waals surface area contributed by atoms with E-state index >= 15 is 0 Å². The second-order valence-corrected chi connectivity index (χ2v) is 4.78. The van der Waals surface area contributed by atoms with E-state index in [0.717, 1.165) is 0 Å². The minimum absolute atomic E-state index is 0.120. The molecular weight excluding hydrogens is 282 g/mol. The van der Waals surface area contributed by atoms with Gasteiger partial charge in [0.2, 0.25) is 5.91 Å². The lowest BCUT2D eigenvalue weighted by atomic mass is 9.99. The Morgan fingerprint density at radius 3 is 2.80 bits per heavy atom. The third-order valence-corrected chi connectivity index (χ3v) is 3.20. The van der Waals surface area contributed by atoms with Crippen LogP contribution in [-0.4, -0.2) is 52.7 Å². The molecule has 0 bridgehead atoms. The van der Waals surface area contributed by atoms with E-state index in [1.54, 1.807) is 13.2 Å². The topological polar surface area (TPSA) is 141 Å². The molecule has 0 aromatic heterocycles. The van der Waals surface area contributed by atoms with E-state index in [4.69, 9.17) is 16.2 Å². The summed E-state index contributed by atoms with van der Waals surface area (Å²) in [6.45, 7) is 1.35. The van der Waals surface area contributed by atoms with Gasteiger partial charge in [-0.1, -0.05) is 17.8 Å². The summed E-state index contributed by atoms with van der Waals surface area (Å²) in [5.41, 5.74) is 5.27. The Hall–Kier alpha value is -1.87. The van der Waals surface area contributed by atoms with Gasteiger partial charge in [0, 0.05) is 0 Å². The zero-order chi connectivity index (χ0) is 15.3. The minimum atomic E-state index is -0.826. The van der Waals surface area contributed by atoms with Crippen LogP contribution in [0.25, 0.3) is 0 Å². The summed E-state index contributed by atoms with van der Waals surface area (Å²) in [6.07, 6.45) is 3.20. The van der Waals surface area contributed by atoms with Crippen LogP contribution >= 0.6 is 11.8 Å². The smallest absolute Gasteiger partial charge is 0.272 e. The molecular formula is C11H17N5O3S. The SMILES string of the molecule is C/C=C(\N=C(\N)SC)C(=N)C(=O)NC1C(=O)NC1CO. The summed E-state index contributed by atoms with van der Waals surface area (Å²) >= 11 is 1.19. The van der Waals surface area contributed by atoms with Crippen LogP contribution in [0.15, 0.2) is 16.8 Å². The zero-order valence-corrected chi connectivity index (χ0v) is 12.0. The summed E-state index contributed by atoms with van der Waals surface area (Å²) in [6, 6.07) is -1.35. The first-order valence-corrected chi connectivity index (χ1v) is 7.02. The molecule has 20 heavy (non-hydrogen) atoms. The number of amidine groups is 1. The Balaban J connectivity index is 2.72. The summed E-state index contributed by atoms with van der Waals surface area (Å²) in [5, 5.41) is 21.8. The fraction of sp³-hybridized carbons (Fsp3) is 0.455. The Morgan fingerprint density at radius 1 is 1.70 bits per heavy atom. The normalized spacial score (nSPS) is 22.9. The van der Waals surface area contributed by atoms with Gasteiger partial charge in [0.1, 0.15) is 11.8 Å². The number of aliphatic imine (C=N–C) groups is 1. The largest absolute Gasteiger partial charge is 0.394 e. The molecule has 6 N–H and O–H groups in total. The van der Waals surface area contributed by atoms with Crippen LogP contribution in [-0.2, 0) is 9.59 Å². The molecule has 1 aliphatic heterocycles. The van der Waals surface area contributed by atoms with E-state index in [2.05, 4.69) is 15.6 Å². The number of β-lactam (4-membered cyclic amide) rings is 1.